The number of carboxylic acids is 2. The Morgan fingerprint density at radius 3 is 0.681 bits per heavy atom. The van der Waals surface area contributed by atoms with Crippen LogP contribution >= 0.6 is 0 Å². The fourth-order valence-corrected chi connectivity index (χ4v) is 4.49. The molecule has 72 heavy (non-hydrogen) atoms. The van der Waals surface area contributed by atoms with E-state index in [2.05, 4.69) is 58.0 Å². The molecule has 0 fully saturated rings. The van der Waals surface area contributed by atoms with Crippen LogP contribution in [-0.2, 0) is 56.4 Å². The van der Waals surface area contributed by atoms with Crippen molar-refractivity contribution in [2.75, 3.05) is 0 Å². The monoisotopic (exact) mass is 1060 g/mol. The number of carbonyl (C=O) groups excluding carboxylic acids is 2. The van der Waals surface area contributed by atoms with Gasteiger partial charge in [0.2, 0.25) is 0 Å². The quantitative estimate of drug-likeness (QED) is 0.165. The molecule has 0 atom stereocenters. The Morgan fingerprint density at radius 1 is 0.347 bits per heavy atom. The molecule has 12 heteroatoms. The second kappa shape index (κ2) is 39.0. The van der Waals surface area contributed by atoms with Gasteiger partial charge < -0.3 is 30.0 Å². The van der Waals surface area contributed by atoms with Gasteiger partial charge in [-0.25, -0.2) is 0 Å². The zero-order valence-corrected chi connectivity index (χ0v) is 45.0. The molecule has 0 saturated heterocycles. The molecule has 4 aromatic carbocycles. The minimum Gasteiger partial charge on any atom is -0.851 e. The van der Waals surface area contributed by atoms with E-state index in [0.717, 1.165) is 33.9 Å². The van der Waals surface area contributed by atoms with E-state index < -0.39 is 22.8 Å². The Morgan fingerprint density at radius 2 is 0.542 bits per heavy atom. The predicted molar refractivity (Wildman–Crippen MR) is 276 cm³/mol. The summed E-state index contributed by atoms with van der Waals surface area (Å²) in [6, 6.07) is 59.0. The number of nitrogens with zero attached hydrogens (tertiary/aromatic N) is 4. The molecule has 8 rings (SSSR count). The number of hydrogen-bond donors (Lipinski definition) is 0. The molecule has 0 bridgehead atoms. The Kier molecular flexibility index (Phi) is 36.6. The van der Waals surface area contributed by atoms with Gasteiger partial charge >= 0.3 is 33.6 Å². The van der Waals surface area contributed by atoms with Gasteiger partial charge in [0.15, 0.2) is 0 Å². The molecule has 0 unspecified atom stereocenters. The van der Waals surface area contributed by atoms with Crippen LogP contribution in [0.1, 0.15) is 74.9 Å². The maximum atomic E-state index is 10.2. The van der Waals surface area contributed by atoms with Crippen LogP contribution in [0.15, 0.2) is 207 Å². The maximum Gasteiger partial charge on any atom is 2.00 e. The fourth-order valence-electron chi connectivity index (χ4n) is 4.49. The topological polar surface area (TPSA) is 178 Å². The first kappa shape index (κ1) is 67.4. The van der Waals surface area contributed by atoms with Gasteiger partial charge in [0.1, 0.15) is 0 Å². The molecule has 0 amide bonds. The number of hydrogen-bond acceptors (Lipinski definition) is 10. The van der Waals surface area contributed by atoms with E-state index in [1.807, 2.05) is 172 Å². The summed E-state index contributed by atoms with van der Waals surface area (Å²) in [5.74, 6) is -2.01. The number of aryl methyl sites for hydroxylation is 4. The smallest absolute Gasteiger partial charge is 0.851 e. The third-order valence-corrected chi connectivity index (χ3v) is 8.86. The number of rotatable bonds is 4. The van der Waals surface area contributed by atoms with Gasteiger partial charge in [0.05, 0.1) is 22.8 Å². The minimum absolute atomic E-state index is 0. The van der Waals surface area contributed by atoms with Crippen LogP contribution in [0.3, 0.4) is 0 Å². The van der Waals surface area contributed by atoms with Gasteiger partial charge in [-0.1, -0.05) is 208 Å². The van der Waals surface area contributed by atoms with Crippen LogP contribution in [0.2, 0.25) is 0 Å². The molecule has 382 valence electrons. The molecular weight excluding hydrogens is 991 g/mol. The molecule has 10 nitrogen and oxygen atoms in total. The Labute approximate surface area is 449 Å². The van der Waals surface area contributed by atoms with Crippen molar-refractivity contribution in [2.24, 2.45) is 10.8 Å². The Balaban J connectivity index is 0. The van der Waals surface area contributed by atoms with Crippen molar-refractivity contribution in [2.45, 2.75) is 82.5 Å². The molecular formula is C60H68Co2N4O6. The third-order valence-electron chi connectivity index (χ3n) is 8.86. The van der Waals surface area contributed by atoms with E-state index in [-0.39, 0.29) is 46.8 Å². The second-order valence-corrected chi connectivity index (χ2v) is 17.5. The summed E-state index contributed by atoms with van der Waals surface area (Å²) >= 11 is 0. The molecule has 0 aliphatic carbocycles. The number of aromatic nitrogens is 4. The second-order valence-electron chi connectivity index (χ2n) is 17.5. The molecule has 0 saturated carbocycles. The number of carboxylic acid groups (broad SMARTS) is 2. The van der Waals surface area contributed by atoms with Gasteiger partial charge in [0.25, 0.3) is 0 Å². The molecule has 4 aromatic heterocycles. The van der Waals surface area contributed by atoms with E-state index in [0.29, 0.717) is 0 Å². The van der Waals surface area contributed by atoms with Crippen molar-refractivity contribution >= 4 is 11.9 Å². The van der Waals surface area contributed by atoms with Gasteiger partial charge in [-0.2, -0.15) is 0 Å². The molecule has 0 aliphatic heterocycles. The first-order chi connectivity index (χ1) is 33.3. The molecule has 4 heterocycles. The van der Waals surface area contributed by atoms with E-state index in [1.165, 1.54) is 22.3 Å². The third kappa shape index (κ3) is 33.8. The normalized spacial score (nSPS) is 9.50. The van der Waals surface area contributed by atoms with E-state index in [9.17, 15) is 30.0 Å². The fraction of sp³-hybridized carbons (Fsp3) is 0.233. The Bertz CT molecular complexity index is 2270. The number of benzene rings is 4. The van der Waals surface area contributed by atoms with Crippen molar-refractivity contribution in [3.8, 4) is 22.8 Å². The zero-order chi connectivity index (χ0) is 52.2. The summed E-state index contributed by atoms with van der Waals surface area (Å²) in [5, 5.41) is 40.3. The summed E-state index contributed by atoms with van der Waals surface area (Å²) in [6.07, 6.45) is 7.07. The Hall–Kier alpha value is -6.65. The van der Waals surface area contributed by atoms with Crippen LogP contribution < -0.4 is 20.4 Å². The molecule has 0 spiro atoms. The molecule has 0 N–H and O–H groups in total. The molecule has 2 radical (unpaired) electrons. The van der Waals surface area contributed by atoms with Gasteiger partial charge in [0, 0.05) is 47.6 Å². The van der Waals surface area contributed by atoms with Crippen LogP contribution in [0.25, 0.3) is 22.8 Å². The standard InChI is InChI=1S/2C10H8N2.2C8H9O.2C7H8.2C5H10O2.2Co/c2*1-3-7-11-9(5-1)10-6-2-4-8-12-10;2*1-7-2-4-8(6-9)5-3-7;2*1-7-5-3-2-4-6-7;2*1-5(2,3)4(6)7;;/h2*1-8H;2*2-5H,6H2,1H3;2*2-6H,1H3;2*1-3H3,(H,6,7);;/q;;2*-1;;;;;2*+2/p-2. The molecule has 0 aliphatic rings. The predicted octanol–water partition coefficient (Wildman–Crippen LogP) is 9.55. The van der Waals surface area contributed by atoms with Gasteiger partial charge in [-0.15, -0.1) is 13.2 Å². The van der Waals surface area contributed by atoms with Crippen molar-refractivity contribution < 1.29 is 63.6 Å². The number of pyridine rings is 4. The average Bonchev–Trinajstić information content (AvgIpc) is 3.37. The minimum atomic E-state index is -1.01. The van der Waals surface area contributed by atoms with E-state index >= 15 is 0 Å². The number of carbonyl (C=O) groups is 2. The molecule has 8 aromatic rings. The average molecular weight is 1060 g/mol. The summed E-state index contributed by atoms with van der Waals surface area (Å²) in [4.78, 5) is 36.6. The summed E-state index contributed by atoms with van der Waals surface area (Å²) in [7, 11) is 0. The van der Waals surface area contributed by atoms with Crippen molar-refractivity contribution in [3.63, 3.8) is 0 Å². The van der Waals surface area contributed by atoms with Gasteiger partial charge in [-0.05, 0) is 76.2 Å². The number of aliphatic carboxylic acids is 2. The van der Waals surface area contributed by atoms with Crippen molar-refractivity contribution in [1.82, 2.24) is 19.9 Å². The zero-order valence-electron chi connectivity index (χ0n) is 42.9. The van der Waals surface area contributed by atoms with Crippen molar-refractivity contribution in [3.05, 3.63) is 240 Å². The first-order valence-corrected chi connectivity index (χ1v) is 22.6. The summed E-state index contributed by atoms with van der Waals surface area (Å²) < 4.78 is 0. The van der Waals surface area contributed by atoms with E-state index in [4.69, 9.17) is 0 Å². The summed E-state index contributed by atoms with van der Waals surface area (Å²) in [5.41, 5.74) is 9.04. The van der Waals surface area contributed by atoms with Crippen molar-refractivity contribution in [1.29, 1.82) is 0 Å². The van der Waals surface area contributed by atoms with Crippen LogP contribution in [0.4, 0.5) is 0 Å². The SMILES string of the molecule is CC(C)(C)C(=O)[O-].CC(C)(C)C(=O)[O-].Cc1ccc(C[O-])cc1.Cc1ccc(C[O-])cc1.Cc1ccccc1.Cc1ccccc1.[Co+2].[Co+2].c1ccc(-c2ccccn2)nc1.c1ccc(-c2ccccn2)nc1. The van der Waals surface area contributed by atoms with Gasteiger partial charge in [-0.3, -0.25) is 19.9 Å². The first-order valence-electron chi connectivity index (χ1n) is 22.6. The van der Waals surface area contributed by atoms with Crippen LogP contribution in [0, 0.1) is 38.5 Å². The van der Waals surface area contributed by atoms with Crippen LogP contribution in [0.5, 0.6) is 0 Å². The van der Waals surface area contributed by atoms with E-state index in [1.54, 1.807) is 66.3 Å². The summed E-state index contributed by atoms with van der Waals surface area (Å²) in [6.45, 7) is 17.6. The largest absolute Gasteiger partial charge is 2.00 e. The van der Waals surface area contributed by atoms with Crippen LogP contribution in [-0.4, -0.2) is 31.9 Å². The maximum absolute atomic E-state index is 10.2.